The number of benzene rings is 2. The third-order valence-electron chi connectivity index (χ3n) is 6.40. The van der Waals surface area contributed by atoms with Gasteiger partial charge in [-0.2, -0.15) is 0 Å². The highest BCUT2D eigenvalue weighted by Crippen LogP contribution is 2.29. The van der Waals surface area contributed by atoms with Gasteiger partial charge in [0.05, 0.1) is 19.0 Å². The van der Waals surface area contributed by atoms with Gasteiger partial charge >= 0.3 is 0 Å². The summed E-state index contributed by atoms with van der Waals surface area (Å²) < 4.78 is 7.35. The Morgan fingerprint density at radius 2 is 1.77 bits per heavy atom. The number of thiophene rings is 1. The maximum atomic E-state index is 12.8. The summed E-state index contributed by atoms with van der Waals surface area (Å²) in [5.74, 6) is 2.48. The lowest BCUT2D eigenvalue weighted by atomic mass is 10.2. The fourth-order valence-corrected chi connectivity index (χ4v) is 5.23. The summed E-state index contributed by atoms with van der Waals surface area (Å²) in [4.78, 5) is 23.1. The van der Waals surface area contributed by atoms with Gasteiger partial charge in [0.2, 0.25) is 11.9 Å². The molecule has 9 heteroatoms. The minimum atomic E-state index is 0.173. The van der Waals surface area contributed by atoms with Crippen LogP contribution in [-0.2, 0) is 11.2 Å². The molecule has 2 aromatic carbocycles. The van der Waals surface area contributed by atoms with Crippen molar-refractivity contribution in [1.29, 1.82) is 0 Å². The van der Waals surface area contributed by atoms with Crippen LogP contribution in [-0.4, -0.2) is 63.7 Å². The van der Waals surface area contributed by atoms with Gasteiger partial charge in [-0.15, -0.1) is 21.5 Å². The molecule has 0 unspecified atom stereocenters. The number of rotatable bonds is 5. The summed E-state index contributed by atoms with van der Waals surface area (Å²) in [6, 6.07) is 19.8. The topological polar surface area (TPSA) is 75.9 Å². The highest BCUT2D eigenvalue weighted by Gasteiger charge is 2.26. The second-order valence-corrected chi connectivity index (χ2v) is 9.50. The number of hydrogen-bond donors (Lipinski definition) is 0. The van der Waals surface area contributed by atoms with Gasteiger partial charge in [0.15, 0.2) is 11.5 Å². The molecule has 35 heavy (non-hydrogen) atoms. The first kappa shape index (κ1) is 21.5. The number of carbonyl (C=O) groups is 1. The van der Waals surface area contributed by atoms with Gasteiger partial charge in [-0.05, 0) is 47.8 Å². The second kappa shape index (κ2) is 8.99. The molecule has 0 spiro atoms. The molecule has 8 nitrogen and oxygen atoms in total. The molecule has 1 amide bonds. The number of piperazine rings is 1. The van der Waals surface area contributed by atoms with Crippen molar-refractivity contribution in [3.63, 3.8) is 0 Å². The molecule has 1 aliphatic rings. The summed E-state index contributed by atoms with van der Waals surface area (Å²) in [5.41, 5.74) is 2.58. The zero-order valence-corrected chi connectivity index (χ0v) is 20.1. The summed E-state index contributed by atoms with van der Waals surface area (Å²) in [6.45, 7) is 2.69. The van der Waals surface area contributed by atoms with E-state index in [1.807, 2.05) is 75.3 Å². The van der Waals surface area contributed by atoms with Crippen LogP contribution >= 0.6 is 11.3 Å². The van der Waals surface area contributed by atoms with Crippen LogP contribution in [0.1, 0.15) is 4.88 Å². The highest BCUT2D eigenvalue weighted by molar-refractivity contribution is 7.10. The first-order valence-corrected chi connectivity index (χ1v) is 12.4. The van der Waals surface area contributed by atoms with Crippen LogP contribution in [0.25, 0.3) is 27.9 Å². The number of anilines is 1. The van der Waals surface area contributed by atoms with Crippen LogP contribution < -0.4 is 9.64 Å². The van der Waals surface area contributed by atoms with E-state index in [1.54, 1.807) is 18.4 Å². The fourth-order valence-electron chi connectivity index (χ4n) is 4.54. The predicted molar refractivity (Wildman–Crippen MR) is 137 cm³/mol. The van der Waals surface area contributed by atoms with E-state index in [0.717, 1.165) is 44.5 Å². The molecule has 3 aromatic heterocycles. The minimum absolute atomic E-state index is 0.173. The van der Waals surface area contributed by atoms with Crippen LogP contribution in [0.4, 0.5) is 5.95 Å². The zero-order valence-electron chi connectivity index (χ0n) is 19.3. The summed E-state index contributed by atoms with van der Waals surface area (Å²) in [7, 11) is 1.65. The van der Waals surface area contributed by atoms with E-state index in [0.29, 0.717) is 32.6 Å². The molecule has 0 radical (unpaired) electrons. The molecule has 4 heterocycles. The van der Waals surface area contributed by atoms with Crippen molar-refractivity contribution >= 4 is 39.7 Å². The van der Waals surface area contributed by atoms with Crippen molar-refractivity contribution < 1.29 is 9.53 Å². The molecule has 0 atom stereocenters. The maximum absolute atomic E-state index is 12.8. The molecule has 0 saturated carbocycles. The van der Waals surface area contributed by atoms with E-state index >= 15 is 0 Å². The molecule has 0 aliphatic carbocycles. The van der Waals surface area contributed by atoms with Crippen molar-refractivity contribution in [2.75, 3.05) is 38.2 Å². The van der Waals surface area contributed by atoms with E-state index < -0.39 is 0 Å². The van der Waals surface area contributed by atoms with Crippen LogP contribution in [0.3, 0.4) is 0 Å². The van der Waals surface area contributed by atoms with Crippen molar-refractivity contribution in [1.82, 2.24) is 24.5 Å². The molecule has 6 rings (SSSR count). The van der Waals surface area contributed by atoms with Gasteiger partial charge in [-0.25, -0.2) is 9.38 Å². The number of fused-ring (bicyclic) bond motifs is 3. The molecule has 0 N–H and O–H groups in total. The minimum Gasteiger partial charge on any atom is -0.497 e. The molecule has 1 fully saturated rings. The molecule has 5 aromatic rings. The van der Waals surface area contributed by atoms with E-state index in [1.165, 1.54) is 0 Å². The maximum Gasteiger partial charge on any atom is 0.227 e. The lowest BCUT2D eigenvalue weighted by Crippen LogP contribution is -2.49. The predicted octanol–water partition coefficient (Wildman–Crippen LogP) is 3.91. The molecule has 0 bridgehead atoms. The van der Waals surface area contributed by atoms with Gasteiger partial charge in [0.25, 0.3) is 0 Å². The van der Waals surface area contributed by atoms with Crippen molar-refractivity contribution in [3.05, 3.63) is 70.9 Å². The quantitative estimate of drug-likeness (QED) is 0.377. The lowest BCUT2D eigenvalue weighted by Gasteiger charge is -2.35. The Bertz CT molecular complexity index is 1490. The average molecular weight is 485 g/mol. The van der Waals surface area contributed by atoms with Gasteiger partial charge in [-0.1, -0.05) is 18.2 Å². The standard InChI is InChI=1S/C26H24N6O2S/c1-34-19-10-8-18(9-11-19)24-28-29-25-21-6-2-3-7-22(21)27-26(32(24)25)31-14-12-30(13-15-31)23(33)17-20-5-4-16-35-20/h2-11,16H,12-15,17H2,1H3. The first-order chi connectivity index (χ1) is 17.2. The smallest absolute Gasteiger partial charge is 0.227 e. The largest absolute Gasteiger partial charge is 0.497 e. The number of hydrogen-bond acceptors (Lipinski definition) is 7. The van der Waals surface area contributed by atoms with Crippen molar-refractivity contribution in [3.8, 4) is 17.1 Å². The number of ether oxygens (including phenoxy) is 1. The van der Waals surface area contributed by atoms with Crippen molar-refractivity contribution in [2.24, 2.45) is 0 Å². The van der Waals surface area contributed by atoms with Crippen LogP contribution in [0.2, 0.25) is 0 Å². The zero-order chi connectivity index (χ0) is 23.8. The monoisotopic (exact) mass is 484 g/mol. The van der Waals surface area contributed by atoms with Crippen molar-refractivity contribution in [2.45, 2.75) is 6.42 Å². The number of aromatic nitrogens is 4. The molecule has 176 valence electrons. The van der Waals surface area contributed by atoms with E-state index in [4.69, 9.17) is 9.72 Å². The lowest BCUT2D eigenvalue weighted by molar-refractivity contribution is -0.130. The Kier molecular flexibility index (Phi) is 5.54. The highest BCUT2D eigenvalue weighted by atomic mass is 32.1. The summed E-state index contributed by atoms with van der Waals surface area (Å²) >= 11 is 1.62. The van der Waals surface area contributed by atoms with Crippen LogP contribution in [0, 0.1) is 0 Å². The Balaban J connectivity index is 1.35. The van der Waals surface area contributed by atoms with Gasteiger partial charge in [0, 0.05) is 42.0 Å². The third kappa shape index (κ3) is 3.97. The van der Waals surface area contributed by atoms with E-state index in [-0.39, 0.29) is 5.91 Å². The van der Waals surface area contributed by atoms with E-state index in [2.05, 4.69) is 15.1 Å². The van der Waals surface area contributed by atoms with E-state index in [9.17, 15) is 4.79 Å². The Labute approximate surface area is 206 Å². The number of carbonyl (C=O) groups excluding carboxylic acids is 1. The SMILES string of the molecule is COc1ccc(-c2nnc3c4ccccc4nc(N4CCN(C(=O)Cc5cccs5)CC4)n23)cc1. The van der Waals surface area contributed by atoms with Gasteiger partial charge in [0.1, 0.15) is 5.75 Å². The number of amides is 1. The van der Waals surface area contributed by atoms with Gasteiger partial charge < -0.3 is 14.5 Å². The Morgan fingerprint density at radius 1 is 0.971 bits per heavy atom. The number of para-hydroxylation sites is 1. The summed E-state index contributed by atoms with van der Waals surface area (Å²) in [5, 5.41) is 12.1. The Hall–Kier alpha value is -3.98. The Morgan fingerprint density at radius 3 is 2.51 bits per heavy atom. The summed E-state index contributed by atoms with van der Waals surface area (Å²) in [6.07, 6.45) is 0.462. The number of nitrogens with zero attached hydrogens (tertiary/aromatic N) is 6. The fraction of sp³-hybridized carbons (Fsp3) is 0.231. The third-order valence-corrected chi connectivity index (χ3v) is 7.27. The normalized spacial score (nSPS) is 14.1. The molecule has 1 aliphatic heterocycles. The van der Waals surface area contributed by atoms with Gasteiger partial charge in [-0.3, -0.25) is 4.79 Å². The average Bonchev–Trinajstić information content (AvgIpc) is 3.59. The number of methoxy groups -OCH3 is 1. The molecular weight excluding hydrogens is 460 g/mol. The molecule has 1 saturated heterocycles. The first-order valence-electron chi connectivity index (χ1n) is 11.5. The second-order valence-electron chi connectivity index (χ2n) is 8.46. The van der Waals surface area contributed by atoms with Crippen LogP contribution in [0.15, 0.2) is 66.0 Å². The van der Waals surface area contributed by atoms with Crippen LogP contribution in [0.5, 0.6) is 5.75 Å². The molecular formula is C26H24N6O2S.